The fourth-order valence-corrected chi connectivity index (χ4v) is 0.461. The molecule has 0 heterocycles. The molecule has 2 heteroatoms. The Morgan fingerprint density at radius 2 is 1.89 bits per heavy atom. The smallest absolute Gasteiger partial charge is 0.0725 e. The first kappa shape index (κ1) is 8.40. The van der Waals surface area contributed by atoms with Gasteiger partial charge in [-0.2, -0.15) is 35.6 Å². The first-order chi connectivity index (χ1) is 3.93. The van der Waals surface area contributed by atoms with Crippen molar-refractivity contribution in [2.45, 2.75) is 0 Å². The number of benzene rings is 1. The number of hydrogen-bond acceptors (Lipinski definition) is 1. The van der Waals surface area contributed by atoms with E-state index >= 15 is 0 Å². The van der Waals surface area contributed by atoms with Crippen LogP contribution in [0.5, 0.6) is 0 Å². The van der Waals surface area contributed by atoms with Crippen LogP contribution in [0.4, 0.5) is 0 Å². The van der Waals surface area contributed by atoms with E-state index in [0.717, 1.165) is 0 Å². The Kier molecular flexibility index (Phi) is 4.01. The zero-order valence-corrected chi connectivity index (χ0v) is 7.60. The third kappa shape index (κ3) is 2.44. The van der Waals surface area contributed by atoms with Gasteiger partial charge in [-0.3, -0.25) is 0 Å². The molecule has 1 aromatic carbocycles. The molecule has 1 aromatic rings. The summed E-state index contributed by atoms with van der Waals surface area (Å²) in [6.45, 7) is 0. The average Bonchev–Trinajstić information content (AvgIpc) is 1.90. The largest absolute Gasteiger partial charge is 0.195 e. The second-order valence-corrected chi connectivity index (χ2v) is 1.40. The Morgan fingerprint density at radius 1 is 1.33 bits per heavy atom. The molecule has 0 bridgehead atoms. The van der Waals surface area contributed by atoms with Crippen molar-refractivity contribution < 1.29 is 21.1 Å². The topological polar surface area (TPSA) is 23.8 Å². The summed E-state index contributed by atoms with van der Waals surface area (Å²) in [5.74, 6) is 0. The van der Waals surface area contributed by atoms with Crippen molar-refractivity contribution in [1.29, 1.82) is 5.26 Å². The molecule has 9 heavy (non-hydrogen) atoms. The molecule has 0 spiro atoms. The zero-order valence-electron chi connectivity index (χ0n) is 4.66. The summed E-state index contributed by atoms with van der Waals surface area (Å²) in [6.07, 6.45) is 0. The van der Waals surface area contributed by atoms with E-state index in [-0.39, 0.29) is 21.1 Å². The van der Waals surface area contributed by atoms with Crippen molar-refractivity contribution in [1.82, 2.24) is 0 Å². The molecule has 0 aromatic heterocycles. The Morgan fingerprint density at radius 3 is 2.22 bits per heavy atom. The number of nitriles is 1. The summed E-state index contributed by atoms with van der Waals surface area (Å²) in [4.78, 5) is 0. The Balaban J connectivity index is 0.000000640. The SMILES string of the molecule is N#Cc1cc[c-]cc1.[W]. The Hall–Kier alpha value is -0.602. The molecule has 0 saturated heterocycles. The van der Waals surface area contributed by atoms with Crippen LogP contribution in [0.15, 0.2) is 24.3 Å². The number of nitrogens with zero attached hydrogens (tertiary/aromatic N) is 1. The number of hydrogen-bond donors (Lipinski definition) is 0. The van der Waals surface area contributed by atoms with E-state index in [2.05, 4.69) is 6.07 Å². The maximum atomic E-state index is 8.27. The van der Waals surface area contributed by atoms with E-state index in [0.29, 0.717) is 5.56 Å². The van der Waals surface area contributed by atoms with Gasteiger partial charge in [0.25, 0.3) is 0 Å². The van der Waals surface area contributed by atoms with E-state index in [9.17, 15) is 0 Å². The molecule has 0 N–H and O–H groups in total. The summed E-state index contributed by atoms with van der Waals surface area (Å²) in [7, 11) is 0. The first-order valence-electron chi connectivity index (χ1n) is 2.29. The maximum Gasteiger partial charge on any atom is 0.0725 e. The minimum Gasteiger partial charge on any atom is -0.195 e. The summed E-state index contributed by atoms with van der Waals surface area (Å²) in [5, 5.41) is 8.27. The van der Waals surface area contributed by atoms with Crippen molar-refractivity contribution in [3.8, 4) is 6.07 Å². The monoisotopic (exact) mass is 286 g/mol. The molecule has 0 amide bonds. The Bertz CT molecular complexity index is 200. The van der Waals surface area contributed by atoms with Gasteiger partial charge in [0.05, 0.1) is 6.07 Å². The van der Waals surface area contributed by atoms with E-state index < -0.39 is 0 Å². The van der Waals surface area contributed by atoms with Gasteiger partial charge in [-0.05, 0) is 0 Å². The van der Waals surface area contributed by atoms with Gasteiger partial charge in [0.15, 0.2) is 0 Å². The van der Waals surface area contributed by atoms with Crippen LogP contribution in [0, 0.1) is 17.4 Å². The van der Waals surface area contributed by atoms with Crippen LogP contribution in [0.25, 0.3) is 0 Å². The van der Waals surface area contributed by atoms with Crippen molar-refractivity contribution in [2.75, 3.05) is 0 Å². The normalized spacial score (nSPS) is 7.00. The minimum atomic E-state index is 0. The van der Waals surface area contributed by atoms with Gasteiger partial charge in [0, 0.05) is 21.1 Å². The van der Waals surface area contributed by atoms with Gasteiger partial charge in [-0.25, -0.2) is 0 Å². The van der Waals surface area contributed by atoms with Gasteiger partial charge in [-0.1, -0.05) is 5.56 Å². The van der Waals surface area contributed by atoms with Crippen molar-refractivity contribution in [2.24, 2.45) is 0 Å². The van der Waals surface area contributed by atoms with Crippen LogP contribution in [0.3, 0.4) is 0 Å². The third-order valence-corrected chi connectivity index (χ3v) is 0.847. The van der Waals surface area contributed by atoms with E-state index in [4.69, 9.17) is 5.26 Å². The summed E-state index contributed by atoms with van der Waals surface area (Å²) in [5.41, 5.74) is 0.684. The third-order valence-electron chi connectivity index (χ3n) is 0.847. The molecule has 0 fully saturated rings. The van der Waals surface area contributed by atoms with Crippen LogP contribution in [0.1, 0.15) is 5.56 Å². The summed E-state index contributed by atoms with van der Waals surface area (Å²) in [6, 6.07) is 11.7. The van der Waals surface area contributed by atoms with Crippen molar-refractivity contribution in [3.63, 3.8) is 0 Å². The van der Waals surface area contributed by atoms with Gasteiger partial charge >= 0.3 is 0 Å². The maximum absolute atomic E-state index is 8.27. The molecule has 0 aliphatic heterocycles. The van der Waals surface area contributed by atoms with Crippen LogP contribution in [0.2, 0.25) is 0 Å². The fourth-order valence-electron chi connectivity index (χ4n) is 0.461. The average molecular weight is 286 g/mol. The van der Waals surface area contributed by atoms with E-state index in [1.54, 1.807) is 24.3 Å². The van der Waals surface area contributed by atoms with Crippen LogP contribution in [-0.2, 0) is 21.1 Å². The molecule has 44 valence electrons. The van der Waals surface area contributed by atoms with Gasteiger partial charge in [-0.15, -0.1) is 0 Å². The molecule has 0 atom stereocenters. The van der Waals surface area contributed by atoms with Crippen molar-refractivity contribution in [3.05, 3.63) is 35.9 Å². The molecular weight excluding hydrogens is 282 g/mol. The Labute approximate surface area is 68.6 Å². The molecule has 0 unspecified atom stereocenters. The van der Waals surface area contributed by atoms with E-state index in [1.165, 1.54) is 0 Å². The summed E-state index contributed by atoms with van der Waals surface area (Å²) >= 11 is 0. The second-order valence-electron chi connectivity index (χ2n) is 1.40. The van der Waals surface area contributed by atoms with Crippen LogP contribution in [-0.4, -0.2) is 0 Å². The van der Waals surface area contributed by atoms with Gasteiger partial charge < -0.3 is 0 Å². The molecule has 0 radical (unpaired) electrons. The zero-order chi connectivity index (χ0) is 5.82. The fraction of sp³-hybridized carbons (Fsp3) is 0. The standard InChI is InChI=1S/C7H4N.W/c8-6-7-4-2-1-3-5-7;/h2-5H;/q-1;. The minimum absolute atomic E-state index is 0. The van der Waals surface area contributed by atoms with Gasteiger partial charge in [0.1, 0.15) is 0 Å². The molecule has 1 rings (SSSR count). The molecule has 0 aliphatic carbocycles. The summed E-state index contributed by atoms with van der Waals surface area (Å²) < 4.78 is 0. The predicted octanol–water partition coefficient (Wildman–Crippen LogP) is 1.36. The predicted molar refractivity (Wildman–Crippen MR) is 30.0 cm³/mol. The number of rotatable bonds is 0. The van der Waals surface area contributed by atoms with Crippen molar-refractivity contribution >= 4 is 0 Å². The first-order valence-corrected chi connectivity index (χ1v) is 2.29. The quantitative estimate of drug-likeness (QED) is 0.661. The van der Waals surface area contributed by atoms with E-state index in [1.807, 2.05) is 6.07 Å². The van der Waals surface area contributed by atoms with Crippen LogP contribution >= 0.6 is 0 Å². The molecule has 0 aliphatic rings. The van der Waals surface area contributed by atoms with Gasteiger partial charge in [0.2, 0.25) is 0 Å². The molecule has 1 nitrogen and oxygen atoms in total. The molecule has 0 saturated carbocycles. The molecular formula is C7H4NW-. The van der Waals surface area contributed by atoms with Crippen LogP contribution < -0.4 is 0 Å². The second kappa shape index (κ2) is 4.29.